The van der Waals surface area contributed by atoms with Crippen LogP contribution in [0.15, 0.2) is 42.5 Å². The number of halogens is 3. The monoisotopic (exact) mass is 436 g/mol. The summed E-state index contributed by atoms with van der Waals surface area (Å²) in [6, 6.07) is 8.50. The first-order valence-corrected chi connectivity index (χ1v) is 9.26. The molecule has 0 aliphatic carbocycles. The molecule has 1 aliphatic rings. The van der Waals surface area contributed by atoms with E-state index < -0.39 is 40.8 Å². The second-order valence-corrected chi connectivity index (χ2v) is 7.19. The molecule has 2 aromatic rings. The molecule has 0 saturated carbocycles. The number of para-hydroxylation sites is 2. The van der Waals surface area contributed by atoms with Gasteiger partial charge in [-0.3, -0.25) is 19.7 Å². The van der Waals surface area contributed by atoms with E-state index in [0.29, 0.717) is 17.4 Å². The molecule has 8 nitrogen and oxygen atoms in total. The van der Waals surface area contributed by atoms with Crippen LogP contribution in [-0.4, -0.2) is 36.4 Å². The van der Waals surface area contributed by atoms with Gasteiger partial charge in [0.1, 0.15) is 0 Å². The molecule has 0 radical (unpaired) electrons. The van der Waals surface area contributed by atoms with Crippen LogP contribution in [0.25, 0.3) is 0 Å². The van der Waals surface area contributed by atoms with Crippen LogP contribution in [0.3, 0.4) is 0 Å². The molecule has 2 amide bonds. The normalized spacial score (nSPS) is 16.2. The van der Waals surface area contributed by atoms with Crippen molar-refractivity contribution in [2.24, 2.45) is 0 Å². The van der Waals surface area contributed by atoms with Crippen LogP contribution < -0.4 is 15.1 Å². The molecule has 1 N–H and O–H groups in total. The quantitative estimate of drug-likeness (QED) is 0.581. The number of nitro benzene ring substituents is 1. The molecule has 2 aromatic carbocycles. The molecule has 0 saturated heterocycles. The average Bonchev–Trinajstić information content (AvgIpc) is 2.80. The molecule has 0 aromatic heterocycles. The number of nitro groups is 1. The van der Waals surface area contributed by atoms with Gasteiger partial charge in [-0.25, -0.2) is 0 Å². The van der Waals surface area contributed by atoms with Crippen molar-refractivity contribution in [1.29, 1.82) is 0 Å². The molecular weight excluding hydrogens is 417 g/mol. The van der Waals surface area contributed by atoms with E-state index in [9.17, 15) is 32.9 Å². The highest BCUT2D eigenvalue weighted by Crippen LogP contribution is 2.39. The topological polar surface area (TPSA) is 95.8 Å². The Morgan fingerprint density at radius 2 is 1.97 bits per heavy atom. The molecule has 1 aliphatic heterocycles. The lowest BCUT2D eigenvalue weighted by atomic mass is 10.1. The second kappa shape index (κ2) is 8.25. The van der Waals surface area contributed by atoms with Crippen molar-refractivity contribution in [3.63, 3.8) is 0 Å². The molecule has 1 heterocycles. The number of hydrogen-bond donors (Lipinski definition) is 1. The van der Waals surface area contributed by atoms with Crippen LogP contribution in [0.5, 0.6) is 0 Å². The van der Waals surface area contributed by atoms with Crippen molar-refractivity contribution < 1.29 is 27.7 Å². The fourth-order valence-electron chi connectivity index (χ4n) is 3.53. The standard InChI is InChI=1S/C20H19F3N4O4/c1-12-9-18(28)24-15-5-3-4-6-17(15)26(12)19(29)11-25(2)16-8-7-13(27(30)31)10-14(16)20(21,22)23/h3-8,10,12H,9,11H2,1-2H3,(H,24,28). The van der Waals surface area contributed by atoms with Crippen LogP contribution in [0, 0.1) is 10.1 Å². The highest BCUT2D eigenvalue weighted by molar-refractivity contribution is 6.05. The van der Waals surface area contributed by atoms with Crippen molar-refractivity contribution in [3.8, 4) is 0 Å². The van der Waals surface area contributed by atoms with Crippen molar-refractivity contribution >= 4 is 34.6 Å². The third-order valence-electron chi connectivity index (χ3n) is 4.91. The highest BCUT2D eigenvalue weighted by Gasteiger charge is 2.37. The van der Waals surface area contributed by atoms with E-state index in [1.54, 1.807) is 31.2 Å². The number of anilines is 3. The Morgan fingerprint density at radius 1 is 1.29 bits per heavy atom. The maximum absolute atomic E-state index is 13.5. The van der Waals surface area contributed by atoms with Gasteiger partial charge in [0.2, 0.25) is 11.8 Å². The van der Waals surface area contributed by atoms with Crippen LogP contribution in [-0.2, 0) is 15.8 Å². The average molecular weight is 436 g/mol. The van der Waals surface area contributed by atoms with E-state index in [0.717, 1.165) is 17.0 Å². The molecule has 1 unspecified atom stereocenters. The largest absolute Gasteiger partial charge is 0.418 e. The number of fused-ring (bicyclic) bond motifs is 1. The van der Waals surface area contributed by atoms with E-state index in [1.807, 2.05) is 0 Å². The van der Waals surface area contributed by atoms with Gasteiger partial charge in [-0.15, -0.1) is 0 Å². The van der Waals surface area contributed by atoms with Crippen molar-refractivity contribution in [2.75, 3.05) is 28.7 Å². The molecule has 1 atom stereocenters. The summed E-state index contributed by atoms with van der Waals surface area (Å²) in [6.45, 7) is 1.24. The smallest absolute Gasteiger partial charge is 0.365 e. The molecule has 0 fully saturated rings. The number of likely N-dealkylation sites (N-methyl/N-ethyl adjacent to an activating group) is 1. The number of nitrogens with zero attached hydrogens (tertiary/aromatic N) is 3. The first-order chi connectivity index (χ1) is 14.5. The summed E-state index contributed by atoms with van der Waals surface area (Å²) in [5, 5.41) is 13.6. The number of alkyl halides is 3. The van der Waals surface area contributed by atoms with Gasteiger partial charge >= 0.3 is 6.18 Å². The van der Waals surface area contributed by atoms with Gasteiger partial charge in [0, 0.05) is 37.3 Å². The Bertz CT molecular complexity index is 1040. The Hall–Kier alpha value is -3.63. The summed E-state index contributed by atoms with van der Waals surface area (Å²) >= 11 is 0. The van der Waals surface area contributed by atoms with Gasteiger partial charge in [-0.05, 0) is 25.1 Å². The van der Waals surface area contributed by atoms with E-state index in [2.05, 4.69) is 5.32 Å². The van der Waals surface area contributed by atoms with Gasteiger partial charge in [0.25, 0.3) is 5.69 Å². The maximum atomic E-state index is 13.5. The van der Waals surface area contributed by atoms with Crippen LogP contribution in [0.4, 0.5) is 35.9 Å². The lowest BCUT2D eigenvalue weighted by Gasteiger charge is -2.31. The summed E-state index contributed by atoms with van der Waals surface area (Å²) in [5.41, 5.74) is -1.40. The lowest BCUT2D eigenvalue weighted by molar-refractivity contribution is -0.385. The first kappa shape index (κ1) is 22.1. The fourth-order valence-corrected chi connectivity index (χ4v) is 3.53. The third kappa shape index (κ3) is 4.60. The first-order valence-electron chi connectivity index (χ1n) is 9.26. The number of non-ortho nitro benzene ring substituents is 1. The fraction of sp³-hybridized carbons (Fsp3) is 0.300. The van der Waals surface area contributed by atoms with Crippen LogP contribution in [0.2, 0.25) is 0 Å². The molecule has 0 spiro atoms. The number of carbonyl (C=O) groups excluding carboxylic acids is 2. The van der Waals surface area contributed by atoms with Crippen LogP contribution in [0.1, 0.15) is 18.9 Å². The third-order valence-corrected chi connectivity index (χ3v) is 4.91. The number of rotatable bonds is 4. The number of nitrogens with one attached hydrogen (secondary N) is 1. The van der Waals surface area contributed by atoms with Crippen molar-refractivity contribution in [2.45, 2.75) is 25.6 Å². The van der Waals surface area contributed by atoms with E-state index in [1.165, 1.54) is 11.9 Å². The lowest BCUT2D eigenvalue weighted by Crippen LogP contribution is -2.44. The zero-order valence-corrected chi connectivity index (χ0v) is 16.6. The van der Waals surface area contributed by atoms with Crippen molar-refractivity contribution in [1.82, 2.24) is 0 Å². The number of carbonyl (C=O) groups is 2. The zero-order chi connectivity index (χ0) is 22.9. The summed E-state index contributed by atoms with van der Waals surface area (Å²) < 4.78 is 40.5. The van der Waals surface area contributed by atoms with Crippen LogP contribution >= 0.6 is 0 Å². The van der Waals surface area contributed by atoms with E-state index >= 15 is 0 Å². The molecule has 11 heteroatoms. The molecule has 31 heavy (non-hydrogen) atoms. The summed E-state index contributed by atoms with van der Waals surface area (Å²) in [5.74, 6) is -0.802. The van der Waals surface area contributed by atoms with Gasteiger partial charge in [-0.1, -0.05) is 12.1 Å². The minimum atomic E-state index is -4.85. The minimum Gasteiger partial charge on any atom is -0.365 e. The summed E-state index contributed by atoms with van der Waals surface area (Å²) in [6.07, 6.45) is -4.83. The number of amides is 2. The minimum absolute atomic E-state index is 0.0233. The SMILES string of the molecule is CC1CC(=O)Nc2ccccc2N1C(=O)CN(C)c1ccc([N+](=O)[O-])cc1C(F)(F)F. The van der Waals surface area contributed by atoms with Gasteiger partial charge in [-0.2, -0.15) is 13.2 Å². The number of benzene rings is 2. The highest BCUT2D eigenvalue weighted by atomic mass is 19.4. The Kier molecular flexibility index (Phi) is 5.87. The molecule has 0 bridgehead atoms. The van der Waals surface area contributed by atoms with Gasteiger partial charge in [0.15, 0.2) is 0 Å². The molecular formula is C20H19F3N4O4. The second-order valence-electron chi connectivity index (χ2n) is 7.19. The predicted molar refractivity (Wildman–Crippen MR) is 108 cm³/mol. The predicted octanol–water partition coefficient (Wildman–Crippen LogP) is 3.81. The summed E-state index contributed by atoms with van der Waals surface area (Å²) in [4.78, 5) is 37.6. The number of hydrogen-bond acceptors (Lipinski definition) is 5. The van der Waals surface area contributed by atoms with E-state index in [4.69, 9.17) is 0 Å². The zero-order valence-electron chi connectivity index (χ0n) is 16.6. The van der Waals surface area contributed by atoms with Crippen molar-refractivity contribution in [3.05, 3.63) is 58.1 Å². The summed E-state index contributed by atoms with van der Waals surface area (Å²) in [7, 11) is 1.30. The van der Waals surface area contributed by atoms with Gasteiger partial charge < -0.3 is 15.1 Å². The Labute approximate surface area is 175 Å². The Morgan fingerprint density at radius 3 is 2.61 bits per heavy atom. The molecule has 164 valence electrons. The maximum Gasteiger partial charge on any atom is 0.418 e. The van der Waals surface area contributed by atoms with Gasteiger partial charge in [0.05, 0.1) is 28.4 Å². The van der Waals surface area contributed by atoms with E-state index in [-0.39, 0.29) is 18.0 Å². The molecule has 3 rings (SSSR count). The Balaban J connectivity index is 1.94.